The molecule has 0 fully saturated rings. The SMILES string of the molecule is CC(C)(C)OC(=O)NCCn1c(-c2ccc(C3=CCN(C(=O)OC(C)(C)C)CC3)cc2F)nnc1-c1ccc(C2=CCN(C(=O)OC(C)(C)C)CC2)cc1F. The van der Waals surface area contributed by atoms with Gasteiger partial charge in [-0.1, -0.05) is 24.3 Å². The van der Waals surface area contributed by atoms with E-state index in [1.54, 1.807) is 59.4 Å². The van der Waals surface area contributed by atoms with Crippen LogP contribution in [0.25, 0.3) is 33.9 Å². The lowest BCUT2D eigenvalue weighted by Crippen LogP contribution is -2.39. The molecule has 5 rings (SSSR count). The van der Waals surface area contributed by atoms with Crippen LogP contribution in [-0.2, 0) is 20.8 Å². The zero-order valence-electron chi connectivity index (χ0n) is 33.2. The summed E-state index contributed by atoms with van der Waals surface area (Å²) in [6.07, 6.45) is 3.38. The number of carbonyl (C=O) groups excluding carboxylic acids is 3. The van der Waals surface area contributed by atoms with Crippen LogP contribution < -0.4 is 5.32 Å². The Kier molecular flexibility index (Phi) is 12.1. The number of ether oxygens (including phenoxy) is 3. The van der Waals surface area contributed by atoms with E-state index in [-0.39, 0.29) is 35.9 Å². The minimum atomic E-state index is -0.712. The smallest absolute Gasteiger partial charge is 0.410 e. The minimum Gasteiger partial charge on any atom is -0.444 e. The molecule has 1 N–H and O–H groups in total. The maximum atomic E-state index is 16.0. The molecule has 2 aliphatic heterocycles. The summed E-state index contributed by atoms with van der Waals surface area (Å²) in [7, 11) is 0. The molecule has 0 spiro atoms. The Morgan fingerprint density at radius 2 is 1.09 bits per heavy atom. The molecule has 0 radical (unpaired) electrons. The fraction of sp³-hybridized carbons (Fsp3) is 0.488. The fourth-order valence-electron chi connectivity index (χ4n) is 6.14. The first-order valence-corrected chi connectivity index (χ1v) is 18.5. The summed E-state index contributed by atoms with van der Waals surface area (Å²) in [5, 5.41) is 11.3. The van der Waals surface area contributed by atoms with Gasteiger partial charge in [0.15, 0.2) is 11.6 Å². The highest BCUT2D eigenvalue weighted by Crippen LogP contribution is 2.33. The summed E-state index contributed by atoms with van der Waals surface area (Å²) < 4.78 is 49.9. The van der Waals surface area contributed by atoms with E-state index >= 15 is 8.78 Å². The van der Waals surface area contributed by atoms with Crippen LogP contribution in [0.3, 0.4) is 0 Å². The van der Waals surface area contributed by atoms with Crippen LogP contribution in [0.1, 0.15) is 86.3 Å². The predicted octanol–water partition coefficient (Wildman–Crippen LogP) is 8.46. The first-order valence-electron chi connectivity index (χ1n) is 18.5. The Hall–Kier alpha value is -5.27. The summed E-state index contributed by atoms with van der Waals surface area (Å²) in [5.74, 6) is -0.818. The number of rotatable bonds is 7. The van der Waals surface area contributed by atoms with Crippen LogP contribution in [0.2, 0.25) is 0 Å². The van der Waals surface area contributed by atoms with Crippen molar-refractivity contribution in [3.63, 3.8) is 0 Å². The molecule has 0 saturated heterocycles. The molecule has 3 aromatic rings. The first kappa shape index (κ1) is 40.9. The molecule has 12 nitrogen and oxygen atoms in total. The van der Waals surface area contributed by atoms with Crippen molar-refractivity contribution in [2.24, 2.45) is 0 Å². The summed E-state index contributed by atoms with van der Waals surface area (Å²) >= 11 is 0. The van der Waals surface area contributed by atoms with E-state index in [9.17, 15) is 14.4 Å². The lowest BCUT2D eigenvalue weighted by atomic mass is 9.97. The largest absolute Gasteiger partial charge is 0.444 e. The summed E-state index contributed by atoms with van der Waals surface area (Å²) in [6.45, 7) is 17.8. The van der Waals surface area contributed by atoms with Gasteiger partial charge in [0, 0.05) is 39.3 Å². The van der Waals surface area contributed by atoms with Crippen LogP contribution in [0.5, 0.6) is 0 Å². The van der Waals surface area contributed by atoms with E-state index in [1.807, 2.05) is 53.7 Å². The van der Waals surface area contributed by atoms with Crippen LogP contribution >= 0.6 is 0 Å². The van der Waals surface area contributed by atoms with E-state index in [2.05, 4.69) is 15.5 Å². The Bertz CT molecular complexity index is 1860. The quantitative estimate of drug-likeness (QED) is 0.238. The highest BCUT2D eigenvalue weighted by atomic mass is 19.1. The monoisotopic (exact) mass is 762 g/mol. The van der Waals surface area contributed by atoms with Crippen molar-refractivity contribution in [1.29, 1.82) is 0 Å². The van der Waals surface area contributed by atoms with Gasteiger partial charge in [-0.2, -0.15) is 0 Å². The Morgan fingerprint density at radius 1 is 0.673 bits per heavy atom. The third-order valence-corrected chi connectivity index (χ3v) is 8.64. The van der Waals surface area contributed by atoms with Crippen molar-refractivity contribution in [2.75, 3.05) is 32.7 Å². The predicted molar refractivity (Wildman–Crippen MR) is 206 cm³/mol. The lowest BCUT2D eigenvalue weighted by Gasteiger charge is -2.29. The highest BCUT2D eigenvalue weighted by molar-refractivity contribution is 5.76. The van der Waals surface area contributed by atoms with Gasteiger partial charge in [-0.25, -0.2) is 23.2 Å². The van der Waals surface area contributed by atoms with E-state index in [0.717, 1.165) is 11.1 Å². The van der Waals surface area contributed by atoms with Crippen LogP contribution in [0.15, 0.2) is 48.6 Å². The van der Waals surface area contributed by atoms with E-state index in [4.69, 9.17) is 14.2 Å². The molecule has 0 aliphatic carbocycles. The van der Waals surface area contributed by atoms with Gasteiger partial charge in [-0.05, 0) is 122 Å². The van der Waals surface area contributed by atoms with Gasteiger partial charge >= 0.3 is 18.3 Å². The van der Waals surface area contributed by atoms with Gasteiger partial charge in [-0.15, -0.1) is 10.2 Å². The average Bonchev–Trinajstić information content (AvgIpc) is 3.49. The molecule has 14 heteroatoms. The van der Waals surface area contributed by atoms with Crippen molar-refractivity contribution in [3.05, 3.63) is 71.3 Å². The number of nitrogens with one attached hydrogen (secondary N) is 1. The Balaban J connectivity index is 1.40. The number of hydrogen-bond donors (Lipinski definition) is 1. The summed E-state index contributed by atoms with van der Waals surface area (Å²) in [4.78, 5) is 40.7. The van der Waals surface area contributed by atoms with Gasteiger partial charge in [-0.3, -0.25) is 0 Å². The molecular weight excluding hydrogens is 710 g/mol. The molecule has 1 aromatic heterocycles. The highest BCUT2D eigenvalue weighted by Gasteiger charge is 2.27. The van der Waals surface area contributed by atoms with Gasteiger partial charge in [0.1, 0.15) is 28.4 Å². The molecule has 2 aliphatic rings. The third-order valence-electron chi connectivity index (χ3n) is 8.64. The molecular formula is C41H52F2N6O6. The van der Waals surface area contributed by atoms with Crippen LogP contribution in [-0.4, -0.2) is 92.4 Å². The van der Waals surface area contributed by atoms with Crippen LogP contribution in [0.4, 0.5) is 23.2 Å². The maximum absolute atomic E-state index is 16.0. The fourth-order valence-corrected chi connectivity index (χ4v) is 6.14. The second-order valence-electron chi connectivity index (χ2n) is 16.6. The number of carbonyl (C=O) groups is 3. The molecule has 0 unspecified atom stereocenters. The number of halogens is 2. The molecule has 2 aromatic carbocycles. The normalized spacial score (nSPS) is 15.3. The lowest BCUT2D eigenvalue weighted by molar-refractivity contribution is 0.0260. The summed E-state index contributed by atoms with van der Waals surface area (Å²) in [6, 6.07) is 9.60. The van der Waals surface area contributed by atoms with E-state index in [1.165, 1.54) is 12.1 Å². The van der Waals surface area contributed by atoms with Crippen molar-refractivity contribution in [2.45, 2.75) is 98.5 Å². The Morgan fingerprint density at radius 3 is 1.44 bits per heavy atom. The van der Waals surface area contributed by atoms with Gasteiger partial charge < -0.3 is 33.9 Å². The minimum absolute atomic E-state index is 0.0639. The average molecular weight is 763 g/mol. The molecule has 3 heterocycles. The third kappa shape index (κ3) is 10.9. The molecule has 3 amide bonds. The molecule has 296 valence electrons. The maximum Gasteiger partial charge on any atom is 0.410 e. The number of amides is 3. The molecule has 0 atom stereocenters. The van der Waals surface area contributed by atoms with E-state index < -0.39 is 46.7 Å². The van der Waals surface area contributed by atoms with Gasteiger partial charge in [0.2, 0.25) is 0 Å². The van der Waals surface area contributed by atoms with Crippen LogP contribution in [0, 0.1) is 11.6 Å². The topological polar surface area (TPSA) is 128 Å². The van der Waals surface area contributed by atoms with Gasteiger partial charge in [0.25, 0.3) is 0 Å². The number of hydrogen-bond acceptors (Lipinski definition) is 8. The van der Waals surface area contributed by atoms with Crippen molar-refractivity contribution in [1.82, 2.24) is 29.9 Å². The zero-order chi connectivity index (χ0) is 40.3. The number of alkyl carbamates (subject to hydrolysis) is 1. The number of nitrogens with zero attached hydrogens (tertiary/aromatic N) is 5. The van der Waals surface area contributed by atoms with Crippen molar-refractivity contribution < 1.29 is 37.4 Å². The molecule has 55 heavy (non-hydrogen) atoms. The number of aromatic nitrogens is 3. The van der Waals surface area contributed by atoms with Gasteiger partial charge in [0.05, 0.1) is 11.1 Å². The second kappa shape index (κ2) is 16.2. The number of benzene rings is 2. The standard InChI is InChI=1S/C41H52F2N6O6/c1-39(2,3)53-36(50)44-18-23-49-34(30-12-10-28(24-32(30)42)26-14-19-47(20-15-26)37(51)54-40(4,5)6)45-46-35(49)31-13-11-29(25-33(31)43)27-16-21-48(22-17-27)38(52)55-41(7,8)9/h10-14,16,24-25H,15,17-23H2,1-9H3,(H,44,50). The second-order valence-corrected chi connectivity index (χ2v) is 16.6. The zero-order valence-corrected chi connectivity index (χ0v) is 33.2. The summed E-state index contributed by atoms with van der Waals surface area (Å²) in [5.41, 5.74) is 1.47. The van der Waals surface area contributed by atoms with Crippen molar-refractivity contribution >= 4 is 29.4 Å². The molecule has 0 bridgehead atoms. The van der Waals surface area contributed by atoms with E-state index in [0.29, 0.717) is 50.1 Å². The Labute approximate surface area is 321 Å². The first-order chi connectivity index (χ1) is 25.7. The van der Waals surface area contributed by atoms with Crippen molar-refractivity contribution in [3.8, 4) is 22.8 Å². The molecule has 0 saturated carbocycles.